The molecule has 0 radical (unpaired) electrons. The summed E-state index contributed by atoms with van der Waals surface area (Å²) in [4.78, 5) is 11.3. The first-order chi connectivity index (χ1) is 7.81. The van der Waals surface area contributed by atoms with Crippen molar-refractivity contribution < 1.29 is 0 Å². The maximum atomic E-state index is 4.52. The van der Waals surface area contributed by atoms with Gasteiger partial charge in [-0.3, -0.25) is 0 Å². The molecular formula is C12H13N3S. The van der Waals surface area contributed by atoms with Crippen molar-refractivity contribution in [2.75, 3.05) is 5.32 Å². The monoisotopic (exact) mass is 231 g/mol. The highest BCUT2D eigenvalue weighted by Gasteiger charge is 2.21. The minimum atomic E-state index is 0.598. The first kappa shape index (κ1) is 9.78. The number of anilines is 1. The molecule has 2 aromatic rings. The van der Waals surface area contributed by atoms with Crippen molar-refractivity contribution in [3.05, 3.63) is 29.3 Å². The van der Waals surface area contributed by atoms with Gasteiger partial charge >= 0.3 is 0 Å². The van der Waals surface area contributed by atoms with E-state index in [1.807, 2.05) is 12.3 Å². The summed E-state index contributed by atoms with van der Waals surface area (Å²) in [6, 6.07) is 6.79. The van der Waals surface area contributed by atoms with Crippen molar-refractivity contribution in [1.29, 1.82) is 0 Å². The zero-order chi connectivity index (χ0) is 11.0. The van der Waals surface area contributed by atoms with Gasteiger partial charge in [0.25, 0.3) is 0 Å². The first-order valence-electron chi connectivity index (χ1n) is 5.48. The van der Waals surface area contributed by atoms with Crippen LogP contribution in [-0.4, -0.2) is 16.0 Å². The quantitative estimate of drug-likeness (QED) is 0.882. The third-order valence-electron chi connectivity index (χ3n) is 2.56. The summed E-state index contributed by atoms with van der Waals surface area (Å²) in [5.41, 5.74) is 1.01. The molecule has 0 saturated heterocycles. The molecule has 0 amide bonds. The van der Waals surface area contributed by atoms with Crippen LogP contribution in [0.1, 0.15) is 17.7 Å². The SMILES string of the molecule is Cc1ccc(-c2ccnc(NC3CC3)n2)s1. The molecule has 0 spiro atoms. The highest BCUT2D eigenvalue weighted by atomic mass is 32.1. The molecule has 3 rings (SSSR count). The Kier molecular flexibility index (Phi) is 2.36. The average molecular weight is 231 g/mol. The summed E-state index contributed by atoms with van der Waals surface area (Å²) in [5, 5.41) is 3.32. The van der Waals surface area contributed by atoms with Crippen molar-refractivity contribution in [2.45, 2.75) is 25.8 Å². The van der Waals surface area contributed by atoms with Gasteiger partial charge in [-0.25, -0.2) is 9.97 Å². The zero-order valence-electron chi connectivity index (χ0n) is 9.10. The maximum Gasteiger partial charge on any atom is 0.223 e. The Bertz CT molecular complexity index is 502. The molecule has 1 aliphatic carbocycles. The molecule has 0 bridgehead atoms. The van der Waals surface area contributed by atoms with E-state index in [2.05, 4.69) is 34.3 Å². The number of nitrogens with one attached hydrogen (secondary N) is 1. The molecule has 1 aliphatic rings. The van der Waals surface area contributed by atoms with Crippen LogP contribution in [-0.2, 0) is 0 Å². The summed E-state index contributed by atoms with van der Waals surface area (Å²) in [7, 11) is 0. The number of hydrogen-bond donors (Lipinski definition) is 1. The average Bonchev–Trinajstić information content (AvgIpc) is 2.98. The van der Waals surface area contributed by atoms with Crippen molar-refractivity contribution >= 4 is 17.3 Å². The summed E-state index contributed by atoms with van der Waals surface area (Å²) in [6.07, 6.45) is 4.31. The van der Waals surface area contributed by atoms with Crippen LogP contribution in [0.25, 0.3) is 10.6 Å². The fourth-order valence-electron chi connectivity index (χ4n) is 1.55. The van der Waals surface area contributed by atoms with Crippen LogP contribution in [0, 0.1) is 6.92 Å². The Hall–Kier alpha value is -1.42. The second-order valence-corrected chi connectivity index (χ2v) is 5.38. The number of aromatic nitrogens is 2. The van der Waals surface area contributed by atoms with Crippen LogP contribution in [0.15, 0.2) is 24.4 Å². The highest BCUT2D eigenvalue weighted by molar-refractivity contribution is 7.15. The topological polar surface area (TPSA) is 37.8 Å². The van der Waals surface area contributed by atoms with Gasteiger partial charge < -0.3 is 5.32 Å². The molecule has 82 valence electrons. The highest BCUT2D eigenvalue weighted by Crippen LogP contribution is 2.27. The van der Waals surface area contributed by atoms with E-state index in [1.165, 1.54) is 22.6 Å². The van der Waals surface area contributed by atoms with E-state index in [9.17, 15) is 0 Å². The van der Waals surface area contributed by atoms with Crippen LogP contribution in [0.5, 0.6) is 0 Å². The van der Waals surface area contributed by atoms with Gasteiger partial charge in [-0.05, 0) is 38.0 Å². The van der Waals surface area contributed by atoms with E-state index in [-0.39, 0.29) is 0 Å². The molecule has 0 aromatic carbocycles. The molecular weight excluding hydrogens is 218 g/mol. The van der Waals surface area contributed by atoms with Gasteiger partial charge in [0, 0.05) is 17.1 Å². The maximum absolute atomic E-state index is 4.52. The molecule has 2 aromatic heterocycles. The first-order valence-corrected chi connectivity index (χ1v) is 6.29. The van der Waals surface area contributed by atoms with Crippen molar-refractivity contribution in [2.24, 2.45) is 0 Å². The lowest BCUT2D eigenvalue weighted by atomic mass is 10.3. The van der Waals surface area contributed by atoms with E-state index in [0.717, 1.165) is 11.6 Å². The van der Waals surface area contributed by atoms with Crippen LogP contribution in [0.4, 0.5) is 5.95 Å². The zero-order valence-corrected chi connectivity index (χ0v) is 9.92. The number of rotatable bonds is 3. The van der Waals surface area contributed by atoms with Gasteiger partial charge in [-0.1, -0.05) is 0 Å². The van der Waals surface area contributed by atoms with Gasteiger partial charge in [-0.2, -0.15) is 0 Å². The van der Waals surface area contributed by atoms with Crippen LogP contribution < -0.4 is 5.32 Å². The van der Waals surface area contributed by atoms with Crippen molar-refractivity contribution in [1.82, 2.24) is 9.97 Å². The third kappa shape index (κ3) is 2.07. The van der Waals surface area contributed by atoms with E-state index in [4.69, 9.17) is 0 Å². The lowest BCUT2D eigenvalue weighted by Gasteiger charge is -2.03. The Labute approximate surface area is 98.6 Å². The number of thiophene rings is 1. The van der Waals surface area contributed by atoms with Gasteiger partial charge in [0.2, 0.25) is 5.95 Å². The lowest BCUT2D eigenvalue weighted by molar-refractivity contribution is 1.06. The van der Waals surface area contributed by atoms with Crippen molar-refractivity contribution in [3.63, 3.8) is 0 Å². The molecule has 1 fully saturated rings. The molecule has 3 nitrogen and oxygen atoms in total. The summed E-state index contributed by atoms with van der Waals surface area (Å²) in [6.45, 7) is 2.11. The molecule has 0 aliphatic heterocycles. The van der Waals surface area contributed by atoms with Gasteiger partial charge in [0.1, 0.15) is 0 Å². The summed E-state index contributed by atoms with van der Waals surface area (Å²) < 4.78 is 0. The predicted molar refractivity (Wildman–Crippen MR) is 66.7 cm³/mol. The molecule has 2 heterocycles. The second-order valence-electron chi connectivity index (χ2n) is 4.09. The summed E-state index contributed by atoms with van der Waals surface area (Å²) in [5.74, 6) is 0.756. The van der Waals surface area contributed by atoms with E-state index < -0.39 is 0 Å². The Balaban J connectivity index is 1.88. The van der Waals surface area contributed by atoms with Gasteiger partial charge in [0.15, 0.2) is 0 Å². The normalized spacial score (nSPS) is 15.1. The molecule has 1 N–H and O–H groups in total. The smallest absolute Gasteiger partial charge is 0.223 e. The van der Waals surface area contributed by atoms with Gasteiger partial charge in [-0.15, -0.1) is 11.3 Å². The molecule has 1 saturated carbocycles. The van der Waals surface area contributed by atoms with E-state index in [0.29, 0.717) is 6.04 Å². The Morgan fingerprint density at radius 2 is 2.19 bits per heavy atom. The standard InChI is InChI=1S/C12H13N3S/c1-8-2-5-11(16-8)10-6-7-13-12(15-10)14-9-3-4-9/h2,5-7,9H,3-4H2,1H3,(H,13,14,15). The van der Waals surface area contributed by atoms with Crippen LogP contribution >= 0.6 is 11.3 Å². The van der Waals surface area contributed by atoms with Crippen LogP contribution in [0.3, 0.4) is 0 Å². The second kappa shape index (κ2) is 3.87. The number of hydrogen-bond acceptors (Lipinski definition) is 4. The molecule has 0 atom stereocenters. The minimum Gasteiger partial charge on any atom is -0.351 e. The lowest BCUT2D eigenvalue weighted by Crippen LogP contribution is -2.05. The minimum absolute atomic E-state index is 0.598. The Morgan fingerprint density at radius 3 is 2.88 bits per heavy atom. The fourth-order valence-corrected chi connectivity index (χ4v) is 2.39. The van der Waals surface area contributed by atoms with Crippen molar-refractivity contribution in [3.8, 4) is 10.6 Å². The van der Waals surface area contributed by atoms with Gasteiger partial charge in [0.05, 0.1) is 10.6 Å². The number of nitrogens with zero attached hydrogens (tertiary/aromatic N) is 2. The number of aryl methyl sites for hydroxylation is 1. The van der Waals surface area contributed by atoms with Crippen LogP contribution in [0.2, 0.25) is 0 Å². The fraction of sp³-hybridized carbons (Fsp3) is 0.333. The van der Waals surface area contributed by atoms with E-state index >= 15 is 0 Å². The third-order valence-corrected chi connectivity index (χ3v) is 3.58. The molecule has 0 unspecified atom stereocenters. The predicted octanol–water partition coefficient (Wildman–Crippen LogP) is 3.09. The van der Waals surface area contributed by atoms with E-state index in [1.54, 1.807) is 11.3 Å². The Morgan fingerprint density at radius 1 is 1.31 bits per heavy atom. The molecule has 4 heteroatoms. The largest absolute Gasteiger partial charge is 0.351 e. The molecule has 16 heavy (non-hydrogen) atoms. The summed E-state index contributed by atoms with van der Waals surface area (Å²) >= 11 is 1.77.